The Kier molecular flexibility index (Phi) is 13.2. The van der Waals surface area contributed by atoms with Gasteiger partial charge in [0, 0.05) is 42.9 Å². The summed E-state index contributed by atoms with van der Waals surface area (Å²) in [5, 5.41) is 3.79. The van der Waals surface area contributed by atoms with Gasteiger partial charge in [-0.15, -0.1) is 54.1 Å². The topological polar surface area (TPSA) is 43.9 Å². The fraction of sp³-hybridized carbons (Fsp3) is 0.300. The molecule has 11 rings (SSSR count). The molecule has 6 aromatic carbocycles. The van der Waals surface area contributed by atoms with E-state index in [1.54, 1.807) is 10.8 Å². The molecule has 1 radical (unpaired) electrons. The molecule has 66 heavy (non-hydrogen) atoms. The third-order valence-electron chi connectivity index (χ3n) is 14.0. The van der Waals surface area contributed by atoms with Crippen molar-refractivity contribution < 1.29 is 24.5 Å². The average molecular weight is 1060 g/mol. The van der Waals surface area contributed by atoms with Crippen LogP contribution < -0.4 is 5.19 Å². The van der Waals surface area contributed by atoms with Crippen LogP contribution in [0.3, 0.4) is 0 Å². The first-order valence-corrected chi connectivity index (χ1v) is 27.5. The maximum Gasteiger partial charge on any atom is 0.121 e. The zero-order valence-corrected chi connectivity index (χ0v) is 42.8. The molecule has 2 saturated carbocycles. The molecule has 9 aromatic rings. The number of imidazole rings is 1. The van der Waals surface area contributed by atoms with E-state index in [1.165, 1.54) is 80.0 Å². The fourth-order valence-electron chi connectivity index (χ4n) is 10.5. The Morgan fingerprint density at radius 1 is 0.727 bits per heavy atom. The molecule has 3 aromatic heterocycles. The Morgan fingerprint density at radius 3 is 2.21 bits per heavy atom. The van der Waals surface area contributed by atoms with Gasteiger partial charge >= 0.3 is 0 Å². The minimum absolute atomic E-state index is 0. The number of furan rings is 1. The average Bonchev–Trinajstić information content (AvgIpc) is 4.16. The van der Waals surface area contributed by atoms with Crippen LogP contribution in [0.2, 0.25) is 19.6 Å². The van der Waals surface area contributed by atoms with Crippen LogP contribution in [-0.2, 0) is 31.9 Å². The van der Waals surface area contributed by atoms with Gasteiger partial charge in [-0.25, -0.2) is 0 Å². The number of fused-ring (bicyclic) bond motifs is 4. The monoisotopic (exact) mass is 1060 g/mol. The number of rotatable bonds is 8. The third kappa shape index (κ3) is 9.30. The van der Waals surface area contributed by atoms with Crippen molar-refractivity contribution in [3.63, 3.8) is 0 Å². The molecule has 0 aliphatic heterocycles. The van der Waals surface area contributed by atoms with E-state index in [0.29, 0.717) is 5.92 Å². The molecule has 0 bridgehead atoms. The summed E-state index contributed by atoms with van der Waals surface area (Å²) in [6.45, 7) is 14.1. The van der Waals surface area contributed by atoms with Gasteiger partial charge in [0.25, 0.3) is 0 Å². The summed E-state index contributed by atoms with van der Waals surface area (Å²) in [6, 6.07) is 54.3. The summed E-state index contributed by atoms with van der Waals surface area (Å²) in [7, 11) is -1.35. The summed E-state index contributed by atoms with van der Waals surface area (Å²) in [6.07, 6.45) is 14.2. The van der Waals surface area contributed by atoms with Crippen LogP contribution in [0.15, 0.2) is 144 Å². The van der Waals surface area contributed by atoms with Gasteiger partial charge in [0.05, 0.1) is 30.5 Å². The number of para-hydroxylation sites is 2. The van der Waals surface area contributed by atoms with Gasteiger partial charge in [-0.2, -0.15) is 0 Å². The normalized spacial score (nSPS) is 14.8. The molecule has 0 amide bonds. The predicted molar refractivity (Wildman–Crippen MR) is 275 cm³/mol. The Labute approximate surface area is 406 Å². The summed E-state index contributed by atoms with van der Waals surface area (Å²) >= 11 is 0. The van der Waals surface area contributed by atoms with Crippen molar-refractivity contribution >= 4 is 46.2 Å². The van der Waals surface area contributed by atoms with Crippen molar-refractivity contribution in [2.45, 2.75) is 110 Å². The molecule has 3 heterocycles. The Hall–Kier alpha value is -5.39. The van der Waals surface area contributed by atoms with Gasteiger partial charge in [-0.3, -0.25) is 4.98 Å². The molecule has 2 aliphatic carbocycles. The second kappa shape index (κ2) is 19.1. The quantitative estimate of drug-likeness (QED) is 0.113. The zero-order valence-electron chi connectivity index (χ0n) is 39.4. The number of benzene rings is 6. The van der Waals surface area contributed by atoms with Crippen molar-refractivity contribution in [2.75, 3.05) is 0 Å². The molecule has 0 spiro atoms. The van der Waals surface area contributed by atoms with E-state index in [-0.39, 0.29) is 25.5 Å². The van der Waals surface area contributed by atoms with Gasteiger partial charge in [0.2, 0.25) is 0 Å². The molecule has 6 heteroatoms. The van der Waals surface area contributed by atoms with E-state index in [2.05, 4.69) is 179 Å². The van der Waals surface area contributed by atoms with Crippen LogP contribution in [-0.4, -0.2) is 22.6 Å². The van der Waals surface area contributed by atoms with Gasteiger partial charge in [-0.05, 0) is 94.4 Å². The van der Waals surface area contributed by atoms with Crippen molar-refractivity contribution in [3.8, 4) is 39.5 Å². The van der Waals surface area contributed by atoms with Gasteiger partial charge in [-0.1, -0.05) is 162 Å². The summed E-state index contributed by atoms with van der Waals surface area (Å²) in [4.78, 5) is 9.99. The summed E-state index contributed by atoms with van der Waals surface area (Å²) in [5.74, 6) is 2.35. The van der Waals surface area contributed by atoms with E-state index < -0.39 is 8.07 Å². The zero-order chi connectivity index (χ0) is 44.7. The fourth-order valence-corrected chi connectivity index (χ4v) is 12.1. The summed E-state index contributed by atoms with van der Waals surface area (Å²) < 4.78 is 9.02. The van der Waals surface area contributed by atoms with Crippen molar-refractivity contribution in [2.24, 2.45) is 5.92 Å². The standard InChI is InChI=1S/C40H35N2O.C20H26NSi.Ir/c1-40(2,3)29-21-23-35(33(25-29)27-14-5-4-6-15-27)42-36-19-10-9-18-34(36)41-39(42)32-17-11-16-31-30-22-20-28(26-12-7-8-13-26)24-37(30)43-38(31)32;1-22(2,3)20-15-21-19(17-11-5-4-6-12-17)14-18(20)13-16-9-7-8-10-16;/h4-6,9-11,14-16,18-26H,7-8,12-13H2,1-3H3;4-6,11,14-16H,7-10,13H2,1-3H3;/q2*-1;. The number of hydrogen-bond donors (Lipinski definition) is 0. The number of nitrogens with zero attached hydrogens (tertiary/aromatic N) is 3. The van der Waals surface area contributed by atoms with Crippen LogP contribution in [0, 0.1) is 18.1 Å². The van der Waals surface area contributed by atoms with Gasteiger partial charge in [0.1, 0.15) is 5.58 Å². The second-order valence-electron chi connectivity index (χ2n) is 20.6. The van der Waals surface area contributed by atoms with Crippen molar-refractivity contribution in [3.05, 3.63) is 168 Å². The second-order valence-corrected chi connectivity index (χ2v) is 25.7. The SMILES string of the molecule is CC(C)(C)c1ccc(-n2c(-c3[c-]ccc4c3oc3cc(C5CCCC5)ccc34)nc3ccccc32)c(-c2ccccc2)c1.C[Si](C)(C)c1cnc(-c2[c-]cccc2)cc1CC1CCCC1.[Ir]. The van der Waals surface area contributed by atoms with E-state index in [4.69, 9.17) is 14.4 Å². The van der Waals surface area contributed by atoms with E-state index in [0.717, 1.165) is 67.2 Å². The van der Waals surface area contributed by atoms with E-state index in [1.807, 2.05) is 18.2 Å². The number of aromatic nitrogens is 3. The smallest absolute Gasteiger partial charge is 0.121 e. The molecule has 0 N–H and O–H groups in total. The van der Waals surface area contributed by atoms with Crippen LogP contribution in [0.4, 0.5) is 0 Å². The van der Waals surface area contributed by atoms with Crippen molar-refractivity contribution in [1.82, 2.24) is 14.5 Å². The minimum atomic E-state index is -1.35. The largest absolute Gasteiger partial charge is 0.501 e. The van der Waals surface area contributed by atoms with Crippen molar-refractivity contribution in [1.29, 1.82) is 0 Å². The molecular weight excluding hydrogens is 999 g/mol. The maximum absolute atomic E-state index is 6.72. The third-order valence-corrected chi connectivity index (χ3v) is 16.1. The Balaban J connectivity index is 0.000000201. The first-order valence-electron chi connectivity index (χ1n) is 24.0. The molecule has 0 unspecified atom stereocenters. The summed E-state index contributed by atoms with van der Waals surface area (Å²) in [5.41, 5.74) is 14.6. The molecule has 0 atom stereocenters. The van der Waals surface area contributed by atoms with Gasteiger partial charge in [0.15, 0.2) is 0 Å². The molecular formula is C60H61IrN3OSi-2. The van der Waals surface area contributed by atoms with Crippen LogP contribution in [0.5, 0.6) is 0 Å². The molecule has 2 aliphatic rings. The Bertz CT molecular complexity index is 3110. The molecule has 2 fully saturated rings. The number of hydrogen-bond acceptors (Lipinski definition) is 3. The van der Waals surface area contributed by atoms with E-state index >= 15 is 0 Å². The van der Waals surface area contributed by atoms with E-state index in [9.17, 15) is 0 Å². The molecule has 4 nitrogen and oxygen atoms in total. The molecule has 337 valence electrons. The predicted octanol–water partition coefficient (Wildman–Crippen LogP) is 15.8. The Morgan fingerprint density at radius 2 is 1.47 bits per heavy atom. The van der Waals surface area contributed by atoms with Crippen LogP contribution >= 0.6 is 0 Å². The van der Waals surface area contributed by atoms with Crippen LogP contribution in [0.1, 0.15) is 94.7 Å². The van der Waals surface area contributed by atoms with Crippen LogP contribution in [0.25, 0.3) is 72.4 Å². The number of pyridine rings is 1. The van der Waals surface area contributed by atoms with Gasteiger partial charge < -0.3 is 14.0 Å². The minimum Gasteiger partial charge on any atom is -0.501 e. The first kappa shape index (κ1) is 45.7. The maximum atomic E-state index is 6.72. The first-order chi connectivity index (χ1) is 31.5. The molecule has 0 saturated heterocycles.